The third-order valence-corrected chi connectivity index (χ3v) is 4.65. The Kier molecular flexibility index (Phi) is 5.71. The van der Waals surface area contributed by atoms with Crippen molar-refractivity contribution in [2.24, 2.45) is 0 Å². The lowest BCUT2D eigenvalue weighted by molar-refractivity contribution is -0.116. The lowest BCUT2D eigenvalue weighted by Gasteiger charge is -2.12. The standard InChI is InChI=1S/C23H16F2N4O3/c24-14-5-8-16(9-6-14)27-22(31)17-3-1-2-4-19(17)28-21(30)12-29-13-26-20-11-15(25)7-10-18(20)23(29)32/h1-11,13H,12H2,(H,27,31)(H,28,30). The van der Waals surface area contributed by atoms with Gasteiger partial charge in [0, 0.05) is 11.8 Å². The van der Waals surface area contributed by atoms with E-state index in [1.165, 1.54) is 36.4 Å². The Morgan fingerprint density at radius 1 is 0.906 bits per heavy atom. The number of hydrogen-bond donors (Lipinski definition) is 2. The Morgan fingerprint density at radius 2 is 1.62 bits per heavy atom. The fourth-order valence-corrected chi connectivity index (χ4v) is 3.11. The van der Waals surface area contributed by atoms with Gasteiger partial charge in [0.15, 0.2) is 0 Å². The first-order chi connectivity index (χ1) is 15.4. The zero-order valence-electron chi connectivity index (χ0n) is 16.5. The maximum atomic E-state index is 13.3. The molecule has 0 spiro atoms. The number of rotatable bonds is 5. The zero-order chi connectivity index (χ0) is 22.7. The SMILES string of the molecule is O=C(Cn1cnc2cc(F)ccc2c1=O)Nc1ccccc1C(=O)Nc1ccc(F)cc1. The van der Waals surface area contributed by atoms with Gasteiger partial charge in [0.05, 0.1) is 28.5 Å². The van der Waals surface area contributed by atoms with Gasteiger partial charge in [-0.1, -0.05) is 12.1 Å². The maximum Gasteiger partial charge on any atom is 0.261 e. The second-order valence-corrected chi connectivity index (χ2v) is 6.89. The van der Waals surface area contributed by atoms with Crippen LogP contribution in [0.5, 0.6) is 0 Å². The van der Waals surface area contributed by atoms with E-state index in [0.29, 0.717) is 5.69 Å². The van der Waals surface area contributed by atoms with Crippen molar-refractivity contribution in [1.82, 2.24) is 9.55 Å². The van der Waals surface area contributed by atoms with Crippen LogP contribution in [0, 0.1) is 11.6 Å². The van der Waals surface area contributed by atoms with E-state index in [9.17, 15) is 23.2 Å². The van der Waals surface area contributed by atoms with Gasteiger partial charge in [0.1, 0.15) is 18.2 Å². The quantitative estimate of drug-likeness (QED) is 0.502. The van der Waals surface area contributed by atoms with Crippen LogP contribution in [0.3, 0.4) is 0 Å². The summed E-state index contributed by atoms with van der Waals surface area (Å²) >= 11 is 0. The second-order valence-electron chi connectivity index (χ2n) is 6.89. The molecule has 7 nitrogen and oxygen atoms in total. The number of anilines is 2. The highest BCUT2D eigenvalue weighted by Crippen LogP contribution is 2.18. The molecule has 1 aromatic heterocycles. The second kappa shape index (κ2) is 8.76. The van der Waals surface area contributed by atoms with E-state index in [1.807, 2.05) is 0 Å². The summed E-state index contributed by atoms with van der Waals surface area (Å²) in [5.74, 6) is -2.01. The van der Waals surface area contributed by atoms with Crippen LogP contribution >= 0.6 is 0 Å². The number of nitrogens with zero attached hydrogens (tertiary/aromatic N) is 2. The molecule has 2 amide bonds. The molecular weight excluding hydrogens is 418 g/mol. The summed E-state index contributed by atoms with van der Waals surface area (Å²) in [5, 5.41) is 5.42. The first-order valence-corrected chi connectivity index (χ1v) is 9.51. The molecule has 0 atom stereocenters. The predicted molar refractivity (Wildman–Crippen MR) is 115 cm³/mol. The van der Waals surface area contributed by atoms with Crippen molar-refractivity contribution >= 4 is 34.1 Å². The highest BCUT2D eigenvalue weighted by Gasteiger charge is 2.15. The number of para-hydroxylation sites is 1. The molecule has 4 aromatic rings. The molecule has 2 N–H and O–H groups in total. The normalized spacial score (nSPS) is 10.7. The number of carbonyl (C=O) groups excluding carboxylic acids is 2. The van der Waals surface area contributed by atoms with Gasteiger partial charge >= 0.3 is 0 Å². The Bertz CT molecular complexity index is 1380. The van der Waals surface area contributed by atoms with Crippen LogP contribution in [0.4, 0.5) is 20.2 Å². The topological polar surface area (TPSA) is 93.1 Å². The summed E-state index contributed by atoms with van der Waals surface area (Å²) in [6, 6.07) is 15.2. The molecule has 3 aromatic carbocycles. The molecule has 1 heterocycles. The number of carbonyl (C=O) groups is 2. The number of amides is 2. The highest BCUT2D eigenvalue weighted by atomic mass is 19.1. The molecule has 0 unspecified atom stereocenters. The van der Waals surface area contributed by atoms with Crippen LogP contribution in [0.1, 0.15) is 10.4 Å². The lowest BCUT2D eigenvalue weighted by atomic mass is 10.1. The number of nitrogens with one attached hydrogen (secondary N) is 2. The van der Waals surface area contributed by atoms with E-state index in [1.54, 1.807) is 18.2 Å². The van der Waals surface area contributed by atoms with Gasteiger partial charge in [-0.25, -0.2) is 13.8 Å². The van der Waals surface area contributed by atoms with Crippen molar-refractivity contribution in [3.63, 3.8) is 0 Å². The van der Waals surface area contributed by atoms with E-state index < -0.39 is 29.0 Å². The average Bonchev–Trinajstić information content (AvgIpc) is 2.77. The molecule has 0 radical (unpaired) electrons. The van der Waals surface area contributed by atoms with Gasteiger partial charge in [-0.2, -0.15) is 0 Å². The highest BCUT2D eigenvalue weighted by molar-refractivity contribution is 6.10. The van der Waals surface area contributed by atoms with Crippen molar-refractivity contribution in [3.05, 3.63) is 101 Å². The van der Waals surface area contributed by atoms with Crippen LogP contribution in [-0.4, -0.2) is 21.4 Å². The summed E-state index contributed by atoms with van der Waals surface area (Å²) in [6.07, 6.45) is 1.16. The fourth-order valence-electron chi connectivity index (χ4n) is 3.11. The molecule has 0 aliphatic carbocycles. The van der Waals surface area contributed by atoms with E-state index in [0.717, 1.165) is 23.0 Å². The van der Waals surface area contributed by atoms with Crippen molar-refractivity contribution < 1.29 is 18.4 Å². The smallest absolute Gasteiger partial charge is 0.261 e. The van der Waals surface area contributed by atoms with Crippen LogP contribution in [0.15, 0.2) is 77.9 Å². The first-order valence-electron chi connectivity index (χ1n) is 9.51. The van der Waals surface area contributed by atoms with Crippen LogP contribution in [0.2, 0.25) is 0 Å². The summed E-state index contributed by atoms with van der Waals surface area (Å²) in [7, 11) is 0. The number of fused-ring (bicyclic) bond motifs is 1. The molecule has 4 rings (SSSR count). The van der Waals surface area contributed by atoms with E-state index >= 15 is 0 Å². The molecule has 160 valence electrons. The summed E-state index contributed by atoms with van der Waals surface area (Å²) < 4.78 is 27.5. The molecule has 0 saturated carbocycles. The number of aromatic nitrogens is 2. The van der Waals surface area contributed by atoms with Gasteiger partial charge in [0.25, 0.3) is 11.5 Å². The van der Waals surface area contributed by atoms with Crippen LogP contribution < -0.4 is 16.2 Å². The third-order valence-electron chi connectivity index (χ3n) is 4.65. The predicted octanol–water partition coefficient (Wildman–Crippen LogP) is 3.57. The molecule has 32 heavy (non-hydrogen) atoms. The third kappa shape index (κ3) is 4.51. The first kappa shape index (κ1) is 20.9. The van der Waals surface area contributed by atoms with Gasteiger partial charge in [-0.3, -0.25) is 19.0 Å². The maximum absolute atomic E-state index is 13.3. The summed E-state index contributed by atoms with van der Waals surface area (Å²) in [4.78, 5) is 41.8. The van der Waals surface area contributed by atoms with Gasteiger partial charge < -0.3 is 10.6 Å². The minimum atomic E-state index is -0.558. The van der Waals surface area contributed by atoms with E-state index in [2.05, 4.69) is 15.6 Å². The van der Waals surface area contributed by atoms with Crippen molar-refractivity contribution in [2.75, 3.05) is 10.6 Å². The Hall–Kier alpha value is -4.40. The molecule has 0 aliphatic rings. The Labute approximate surface area is 180 Å². The van der Waals surface area contributed by atoms with E-state index in [4.69, 9.17) is 0 Å². The molecule has 0 aliphatic heterocycles. The van der Waals surface area contributed by atoms with Crippen molar-refractivity contribution in [3.8, 4) is 0 Å². The zero-order valence-corrected chi connectivity index (χ0v) is 16.5. The number of hydrogen-bond acceptors (Lipinski definition) is 4. The molecule has 0 fully saturated rings. The molecule has 0 bridgehead atoms. The minimum absolute atomic E-state index is 0.181. The van der Waals surface area contributed by atoms with Crippen LogP contribution in [0.25, 0.3) is 10.9 Å². The molecule has 0 saturated heterocycles. The van der Waals surface area contributed by atoms with Gasteiger partial charge in [-0.05, 0) is 48.5 Å². The van der Waals surface area contributed by atoms with Crippen molar-refractivity contribution in [2.45, 2.75) is 6.54 Å². The minimum Gasteiger partial charge on any atom is -0.324 e. The van der Waals surface area contributed by atoms with Gasteiger partial charge in [-0.15, -0.1) is 0 Å². The van der Waals surface area contributed by atoms with Crippen LogP contribution in [-0.2, 0) is 11.3 Å². The molecular formula is C23H16F2N4O3. The summed E-state index contributed by atoms with van der Waals surface area (Å²) in [6.45, 7) is -0.354. The van der Waals surface area contributed by atoms with Gasteiger partial charge in [0.2, 0.25) is 5.91 Å². The Morgan fingerprint density at radius 3 is 2.41 bits per heavy atom. The fraction of sp³-hybridized carbons (Fsp3) is 0.0435. The lowest BCUT2D eigenvalue weighted by Crippen LogP contribution is -2.28. The van der Waals surface area contributed by atoms with E-state index in [-0.39, 0.29) is 28.7 Å². The monoisotopic (exact) mass is 434 g/mol. The number of halogens is 2. The number of benzene rings is 3. The average molecular weight is 434 g/mol. The van der Waals surface area contributed by atoms with Crippen molar-refractivity contribution in [1.29, 1.82) is 0 Å². The molecule has 9 heteroatoms. The largest absolute Gasteiger partial charge is 0.324 e. The summed E-state index contributed by atoms with van der Waals surface area (Å²) in [5.41, 5.74) is 0.510. The Balaban J connectivity index is 1.52.